The Kier molecular flexibility index (Phi) is 5.36. The summed E-state index contributed by atoms with van der Waals surface area (Å²) in [7, 11) is -7.30. The Labute approximate surface area is 181 Å². The summed E-state index contributed by atoms with van der Waals surface area (Å²) in [6.45, 7) is 1.89. The van der Waals surface area contributed by atoms with E-state index in [-0.39, 0.29) is 4.90 Å². The second kappa shape index (κ2) is 7.86. The molecule has 0 saturated heterocycles. The van der Waals surface area contributed by atoms with Crippen LogP contribution in [0.1, 0.15) is 29.3 Å². The maximum absolute atomic E-state index is 13.3. The average Bonchev–Trinajstić information content (AvgIpc) is 3.38. The van der Waals surface area contributed by atoms with Crippen molar-refractivity contribution in [3.8, 4) is 0 Å². The summed E-state index contributed by atoms with van der Waals surface area (Å²) in [5.74, 6) is 0.491. The number of nitrogens with one attached hydrogen (secondary N) is 1. The van der Waals surface area contributed by atoms with Gasteiger partial charge in [-0.1, -0.05) is 29.8 Å². The summed E-state index contributed by atoms with van der Waals surface area (Å²) in [4.78, 5) is 0.146. The highest BCUT2D eigenvalue weighted by Crippen LogP contribution is 2.37. The Bertz CT molecular complexity index is 1310. The van der Waals surface area contributed by atoms with Crippen LogP contribution in [0.2, 0.25) is 0 Å². The predicted molar refractivity (Wildman–Crippen MR) is 118 cm³/mol. The fourth-order valence-corrected chi connectivity index (χ4v) is 5.32. The first-order chi connectivity index (χ1) is 14.6. The minimum Gasteiger partial charge on any atom is -0.467 e. The van der Waals surface area contributed by atoms with E-state index >= 15 is 0 Å². The van der Waals surface area contributed by atoms with Gasteiger partial charge in [-0.2, -0.15) is 17.9 Å². The molecule has 1 aliphatic heterocycles. The molecule has 2 aromatic carbocycles. The zero-order valence-electron chi connectivity index (χ0n) is 16.9. The molecule has 1 N–H and O–H groups in total. The number of aryl methyl sites for hydroxylation is 1. The van der Waals surface area contributed by atoms with Gasteiger partial charge in [0.2, 0.25) is 10.0 Å². The van der Waals surface area contributed by atoms with Gasteiger partial charge in [-0.3, -0.25) is 4.72 Å². The van der Waals surface area contributed by atoms with Gasteiger partial charge in [-0.25, -0.2) is 8.42 Å². The van der Waals surface area contributed by atoms with Crippen LogP contribution in [-0.2, 0) is 20.0 Å². The van der Waals surface area contributed by atoms with Gasteiger partial charge in [0.05, 0.1) is 23.1 Å². The predicted octanol–water partition coefficient (Wildman–Crippen LogP) is 3.50. The summed E-state index contributed by atoms with van der Waals surface area (Å²) in [5.41, 5.74) is 2.62. The van der Waals surface area contributed by atoms with Crippen molar-refractivity contribution in [3.63, 3.8) is 0 Å². The number of hydrogen-bond acceptors (Lipinski definition) is 6. The van der Waals surface area contributed by atoms with Crippen molar-refractivity contribution in [1.82, 2.24) is 4.41 Å². The largest absolute Gasteiger partial charge is 0.467 e. The molecule has 4 rings (SSSR count). The van der Waals surface area contributed by atoms with Crippen molar-refractivity contribution in [2.75, 3.05) is 11.0 Å². The van der Waals surface area contributed by atoms with Gasteiger partial charge < -0.3 is 4.42 Å². The van der Waals surface area contributed by atoms with E-state index in [0.29, 0.717) is 29.1 Å². The lowest BCUT2D eigenvalue weighted by molar-refractivity contribution is 0.320. The molecular weight excluding hydrogens is 438 g/mol. The van der Waals surface area contributed by atoms with E-state index in [9.17, 15) is 16.8 Å². The van der Waals surface area contributed by atoms with Gasteiger partial charge in [0.25, 0.3) is 10.0 Å². The first-order valence-corrected chi connectivity index (χ1v) is 12.8. The van der Waals surface area contributed by atoms with Crippen molar-refractivity contribution in [2.24, 2.45) is 5.10 Å². The quantitative estimate of drug-likeness (QED) is 0.607. The molecule has 1 unspecified atom stereocenters. The third-order valence-electron chi connectivity index (χ3n) is 4.83. The molecular formula is C21H21N3O5S2. The average molecular weight is 460 g/mol. The van der Waals surface area contributed by atoms with E-state index in [4.69, 9.17) is 4.42 Å². The normalized spacial score (nSPS) is 16.9. The number of nitrogens with zero attached hydrogens (tertiary/aromatic N) is 2. The Morgan fingerprint density at radius 3 is 2.26 bits per heavy atom. The van der Waals surface area contributed by atoms with Crippen LogP contribution in [0.5, 0.6) is 0 Å². The Morgan fingerprint density at radius 1 is 1.00 bits per heavy atom. The molecule has 8 nitrogen and oxygen atoms in total. The molecule has 0 spiro atoms. The van der Waals surface area contributed by atoms with E-state index in [1.807, 2.05) is 6.92 Å². The second-order valence-electron chi connectivity index (χ2n) is 7.32. The van der Waals surface area contributed by atoms with Crippen LogP contribution >= 0.6 is 0 Å². The lowest BCUT2D eigenvalue weighted by atomic mass is 10.0. The Morgan fingerprint density at radius 2 is 1.68 bits per heavy atom. The van der Waals surface area contributed by atoms with Crippen molar-refractivity contribution >= 4 is 31.4 Å². The smallest absolute Gasteiger partial charge is 0.279 e. The van der Waals surface area contributed by atoms with Gasteiger partial charge in [0, 0.05) is 12.1 Å². The lowest BCUT2D eigenvalue weighted by Gasteiger charge is -2.21. The molecule has 0 fully saturated rings. The molecule has 31 heavy (non-hydrogen) atoms. The molecule has 0 saturated carbocycles. The summed E-state index contributed by atoms with van der Waals surface area (Å²) in [6.07, 6.45) is 2.89. The second-order valence-corrected chi connectivity index (χ2v) is 10.9. The molecule has 0 bridgehead atoms. The summed E-state index contributed by atoms with van der Waals surface area (Å²) in [5, 5.41) is 4.43. The SMILES string of the molecule is Cc1ccc(S(=O)(=O)N2N=C(c3ccc(NS(C)(=O)=O)cc3)CC2c2ccco2)cc1. The van der Waals surface area contributed by atoms with Gasteiger partial charge in [0.15, 0.2) is 0 Å². The lowest BCUT2D eigenvalue weighted by Crippen LogP contribution is -2.27. The molecule has 1 aliphatic rings. The van der Waals surface area contributed by atoms with Crippen molar-refractivity contribution < 1.29 is 21.3 Å². The van der Waals surface area contributed by atoms with Crippen LogP contribution in [0.15, 0.2) is 81.3 Å². The molecule has 3 aromatic rings. The number of benzene rings is 2. The Hall–Kier alpha value is -3.11. The van der Waals surface area contributed by atoms with E-state index in [0.717, 1.165) is 16.2 Å². The highest BCUT2D eigenvalue weighted by atomic mass is 32.2. The number of rotatable bonds is 6. The topological polar surface area (TPSA) is 109 Å². The molecule has 1 atom stereocenters. The van der Waals surface area contributed by atoms with E-state index in [2.05, 4.69) is 9.82 Å². The summed E-state index contributed by atoms with van der Waals surface area (Å²) < 4.78 is 58.5. The fourth-order valence-electron chi connectivity index (χ4n) is 3.34. The van der Waals surface area contributed by atoms with Crippen molar-refractivity contribution in [2.45, 2.75) is 24.3 Å². The fraction of sp³-hybridized carbons (Fsp3) is 0.190. The molecule has 2 heterocycles. The van der Waals surface area contributed by atoms with E-state index < -0.39 is 26.1 Å². The first kappa shape index (κ1) is 21.1. The molecule has 0 aliphatic carbocycles. The molecule has 162 valence electrons. The molecule has 0 radical (unpaired) electrons. The van der Waals surface area contributed by atoms with E-state index in [1.54, 1.807) is 60.7 Å². The standard InChI is InChI=1S/C21H21N3O5S2/c1-15-5-11-18(12-6-15)31(27,28)24-20(21-4-3-13-29-21)14-19(22-24)16-7-9-17(10-8-16)23-30(2,25)26/h3-13,20,23H,14H2,1-2H3. The maximum Gasteiger partial charge on any atom is 0.279 e. The van der Waals surface area contributed by atoms with Crippen LogP contribution in [0.25, 0.3) is 0 Å². The summed E-state index contributed by atoms with van der Waals surface area (Å²) >= 11 is 0. The maximum atomic E-state index is 13.3. The minimum absolute atomic E-state index is 0.146. The first-order valence-electron chi connectivity index (χ1n) is 9.44. The number of furan rings is 1. The van der Waals surface area contributed by atoms with Gasteiger partial charge in [-0.15, -0.1) is 0 Å². The van der Waals surface area contributed by atoms with Gasteiger partial charge in [-0.05, 0) is 48.9 Å². The highest BCUT2D eigenvalue weighted by Gasteiger charge is 2.39. The van der Waals surface area contributed by atoms with Gasteiger partial charge >= 0.3 is 0 Å². The molecule has 0 amide bonds. The summed E-state index contributed by atoms with van der Waals surface area (Å²) in [6, 6.07) is 16.0. The van der Waals surface area contributed by atoms with Crippen LogP contribution in [-0.4, -0.2) is 33.2 Å². The highest BCUT2D eigenvalue weighted by molar-refractivity contribution is 7.92. The van der Waals surface area contributed by atoms with Crippen LogP contribution in [0.4, 0.5) is 5.69 Å². The van der Waals surface area contributed by atoms with Crippen LogP contribution in [0.3, 0.4) is 0 Å². The van der Waals surface area contributed by atoms with Crippen molar-refractivity contribution in [3.05, 3.63) is 83.8 Å². The minimum atomic E-state index is -3.91. The third-order valence-corrected chi connectivity index (χ3v) is 7.13. The number of hydrogen-bond donors (Lipinski definition) is 1. The molecule has 10 heteroatoms. The number of anilines is 1. The van der Waals surface area contributed by atoms with E-state index in [1.165, 1.54) is 6.26 Å². The van der Waals surface area contributed by atoms with Gasteiger partial charge in [0.1, 0.15) is 11.8 Å². The molecule has 1 aromatic heterocycles. The van der Waals surface area contributed by atoms with Crippen LogP contribution < -0.4 is 4.72 Å². The Balaban J connectivity index is 1.71. The zero-order valence-corrected chi connectivity index (χ0v) is 18.5. The monoisotopic (exact) mass is 459 g/mol. The zero-order chi connectivity index (χ0) is 22.2. The van der Waals surface area contributed by atoms with Crippen LogP contribution in [0, 0.1) is 6.92 Å². The van der Waals surface area contributed by atoms with Crippen molar-refractivity contribution in [1.29, 1.82) is 0 Å². The number of sulfonamides is 2. The number of hydrazone groups is 1. The third kappa shape index (κ3) is 4.49.